The Morgan fingerprint density at radius 3 is 2.72 bits per heavy atom. The van der Waals surface area contributed by atoms with E-state index in [1.54, 1.807) is 28.5 Å². The highest BCUT2D eigenvalue weighted by atomic mass is 35.5. The van der Waals surface area contributed by atoms with Gasteiger partial charge >= 0.3 is 0 Å². The second kappa shape index (κ2) is 7.38. The van der Waals surface area contributed by atoms with Gasteiger partial charge in [-0.15, -0.1) is 23.7 Å². The van der Waals surface area contributed by atoms with Crippen molar-refractivity contribution in [3.8, 4) is 0 Å². The highest BCUT2D eigenvalue weighted by Gasteiger charge is 2.29. The summed E-state index contributed by atoms with van der Waals surface area (Å²) >= 11 is 1.34. The first kappa shape index (κ1) is 19.8. The lowest BCUT2D eigenvalue weighted by atomic mass is 10.2. The third-order valence-corrected chi connectivity index (χ3v) is 6.60. The molecule has 0 saturated heterocycles. The lowest BCUT2D eigenvalue weighted by Gasteiger charge is -2.18. The number of carbonyl (C=O) groups is 1. The molecule has 136 valence electrons. The number of hydrogen-bond acceptors (Lipinski definition) is 6. The molecule has 1 aliphatic rings. The van der Waals surface area contributed by atoms with Gasteiger partial charge < -0.3 is 10.6 Å². The van der Waals surface area contributed by atoms with Gasteiger partial charge in [0.05, 0.1) is 4.90 Å². The Morgan fingerprint density at radius 1 is 1.40 bits per heavy atom. The molecule has 1 aromatic heterocycles. The summed E-state index contributed by atoms with van der Waals surface area (Å²) < 4.78 is 25.8. The van der Waals surface area contributed by atoms with Gasteiger partial charge in [0, 0.05) is 38.3 Å². The summed E-state index contributed by atoms with van der Waals surface area (Å²) in [6.45, 7) is 0.800. The minimum absolute atomic E-state index is 0. The first-order valence-corrected chi connectivity index (χ1v) is 9.68. The third-order valence-electron chi connectivity index (χ3n) is 3.92. The van der Waals surface area contributed by atoms with Gasteiger partial charge in [-0.05, 0) is 24.1 Å². The number of hydrogen-bond donors (Lipinski definition) is 1. The molecule has 0 unspecified atom stereocenters. The van der Waals surface area contributed by atoms with Crippen molar-refractivity contribution in [3.63, 3.8) is 0 Å². The fourth-order valence-corrected chi connectivity index (χ4v) is 4.15. The lowest BCUT2D eigenvalue weighted by molar-refractivity contribution is 0.0985. The lowest BCUT2D eigenvalue weighted by Crippen LogP contribution is -2.29. The molecule has 2 aromatic rings. The molecular formula is C15H19ClN4O3S2. The number of nitrogens with two attached hydrogens (primary N) is 1. The second-order valence-corrected chi connectivity index (χ2v) is 8.71. The Hall–Kier alpha value is -1.52. The molecule has 10 heteroatoms. The van der Waals surface area contributed by atoms with Crippen LogP contribution in [0, 0.1) is 0 Å². The maximum Gasteiger partial charge on any atom is 0.277 e. The molecule has 0 atom stereocenters. The zero-order valence-corrected chi connectivity index (χ0v) is 16.2. The van der Waals surface area contributed by atoms with Gasteiger partial charge in [-0.1, -0.05) is 6.07 Å². The summed E-state index contributed by atoms with van der Waals surface area (Å²) in [6.07, 6.45) is 0.692. The standard InChI is InChI=1S/C15H18N4O3S2.ClH/c1-18(2)24(21,22)11-4-3-10-5-6-19(13(10)7-11)15(20)12-9-23-14(8-16)17-12;/h3-4,7,9H,5-6,8,16H2,1-2H3;1H. The highest BCUT2D eigenvalue weighted by molar-refractivity contribution is 7.89. The minimum Gasteiger partial charge on any atom is -0.325 e. The molecule has 0 aliphatic carbocycles. The zero-order valence-electron chi connectivity index (χ0n) is 13.8. The monoisotopic (exact) mass is 402 g/mol. The maximum atomic E-state index is 12.7. The van der Waals surface area contributed by atoms with Crippen LogP contribution in [0.5, 0.6) is 0 Å². The number of anilines is 1. The molecule has 1 aromatic carbocycles. The van der Waals surface area contributed by atoms with E-state index in [0.29, 0.717) is 35.9 Å². The topological polar surface area (TPSA) is 96.6 Å². The SMILES string of the molecule is CN(C)S(=O)(=O)c1ccc2c(c1)N(C(=O)c1csc(CN)n1)CC2.Cl. The Morgan fingerprint density at radius 2 is 2.12 bits per heavy atom. The molecule has 1 amide bonds. The molecule has 25 heavy (non-hydrogen) atoms. The summed E-state index contributed by atoms with van der Waals surface area (Å²) in [5, 5.41) is 2.38. The number of halogens is 1. The molecule has 7 nitrogen and oxygen atoms in total. The van der Waals surface area contributed by atoms with E-state index in [1.165, 1.54) is 25.4 Å². The molecule has 0 saturated carbocycles. The van der Waals surface area contributed by atoms with E-state index < -0.39 is 10.0 Å². The summed E-state index contributed by atoms with van der Waals surface area (Å²) in [5.74, 6) is -0.232. The van der Waals surface area contributed by atoms with Crippen LogP contribution in [0.4, 0.5) is 5.69 Å². The Bertz CT molecular complexity index is 896. The quantitative estimate of drug-likeness (QED) is 0.835. The fourth-order valence-electron chi connectivity index (χ4n) is 2.58. The average molecular weight is 403 g/mol. The smallest absolute Gasteiger partial charge is 0.277 e. The third kappa shape index (κ3) is 3.56. The van der Waals surface area contributed by atoms with Crippen LogP contribution in [-0.2, 0) is 23.0 Å². The van der Waals surface area contributed by atoms with Crippen molar-refractivity contribution in [2.45, 2.75) is 17.9 Å². The van der Waals surface area contributed by atoms with Gasteiger partial charge in [0.1, 0.15) is 10.7 Å². The van der Waals surface area contributed by atoms with Crippen molar-refractivity contribution in [1.29, 1.82) is 0 Å². The predicted molar refractivity (Wildman–Crippen MR) is 99.9 cm³/mol. The van der Waals surface area contributed by atoms with E-state index in [2.05, 4.69) is 4.98 Å². The Labute approximate surface area is 156 Å². The molecule has 0 bridgehead atoms. The van der Waals surface area contributed by atoms with Crippen LogP contribution in [0.2, 0.25) is 0 Å². The van der Waals surface area contributed by atoms with Crippen molar-refractivity contribution in [2.75, 3.05) is 25.5 Å². The molecule has 2 heterocycles. The van der Waals surface area contributed by atoms with Gasteiger partial charge in [-0.25, -0.2) is 17.7 Å². The summed E-state index contributed by atoms with van der Waals surface area (Å²) in [5.41, 5.74) is 7.47. The summed E-state index contributed by atoms with van der Waals surface area (Å²) in [7, 11) is -0.584. The zero-order chi connectivity index (χ0) is 17.5. The molecule has 0 fully saturated rings. The van der Waals surface area contributed by atoms with Gasteiger partial charge in [-0.3, -0.25) is 4.79 Å². The summed E-state index contributed by atoms with van der Waals surface area (Å²) in [6, 6.07) is 4.91. The van der Waals surface area contributed by atoms with Crippen LogP contribution in [0.3, 0.4) is 0 Å². The molecule has 1 aliphatic heterocycles. The predicted octanol–water partition coefficient (Wildman–Crippen LogP) is 1.48. The van der Waals surface area contributed by atoms with Crippen LogP contribution >= 0.6 is 23.7 Å². The van der Waals surface area contributed by atoms with E-state index >= 15 is 0 Å². The van der Waals surface area contributed by atoms with Crippen molar-refractivity contribution in [3.05, 3.63) is 39.8 Å². The van der Waals surface area contributed by atoms with Crippen molar-refractivity contribution >= 4 is 45.4 Å². The Kier molecular flexibility index (Phi) is 5.85. The fraction of sp³-hybridized carbons (Fsp3) is 0.333. The number of amides is 1. The maximum absolute atomic E-state index is 12.7. The number of thiazole rings is 1. The summed E-state index contributed by atoms with van der Waals surface area (Å²) in [4.78, 5) is 18.7. The van der Waals surface area contributed by atoms with Crippen LogP contribution in [-0.4, -0.2) is 44.3 Å². The molecule has 0 spiro atoms. The molecule has 3 rings (SSSR count). The van der Waals surface area contributed by atoms with Crippen LogP contribution in [0.1, 0.15) is 21.1 Å². The molecule has 0 radical (unpaired) electrons. The van der Waals surface area contributed by atoms with Crippen LogP contribution in [0.15, 0.2) is 28.5 Å². The number of fused-ring (bicyclic) bond motifs is 1. The molecule has 2 N–H and O–H groups in total. The normalized spacial score (nSPS) is 13.7. The largest absolute Gasteiger partial charge is 0.325 e. The number of sulfonamides is 1. The minimum atomic E-state index is -3.55. The van der Waals surface area contributed by atoms with E-state index in [9.17, 15) is 13.2 Å². The number of rotatable bonds is 4. The molecular weight excluding hydrogens is 384 g/mol. The van der Waals surface area contributed by atoms with Gasteiger partial charge in [0.2, 0.25) is 10.0 Å². The second-order valence-electron chi connectivity index (χ2n) is 5.62. The van der Waals surface area contributed by atoms with Crippen molar-refractivity contribution in [2.24, 2.45) is 5.73 Å². The van der Waals surface area contributed by atoms with Crippen LogP contribution in [0.25, 0.3) is 0 Å². The van der Waals surface area contributed by atoms with Crippen molar-refractivity contribution in [1.82, 2.24) is 9.29 Å². The number of aromatic nitrogens is 1. The van der Waals surface area contributed by atoms with Gasteiger partial charge in [-0.2, -0.15) is 0 Å². The number of nitrogens with zero attached hydrogens (tertiary/aromatic N) is 3. The first-order chi connectivity index (χ1) is 11.3. The van der Waals surface area contributed by atoms with Crippen molar-refractivity contribution < 1.29 is 13.2 Å². The van der Waals surface area contributed by atoms with E-state index in [0.717, 1.165) is 9.87 Å². The number of benzene rings is 1. The average Bonchev–Trinajstić information content (AvgIpc) is 3.20. The van der Waals surface area contributed by atoms with Gasteiger partial charge in [0.25, 0.3) is 5.91 Å². The van der Waals surface area contributed by atoms with E-state index in [-0.39, 0.29) is 23.2 Å². The number of carbonyl (C=O) groups excluding carboxylic acids is 1. The van der Waals surface area contributed by atoms with Gasteiger partial charge in [0.15, 0.2) is 0 Å². The highest BCUT2D eigenvalue weighted by Crippen LogP contribution is 2.32. The Balaban J connectivity index is 0.00000225. The van der Waals surface area contributed by atoms with Crippen LogP contribution < -0.4 is 10.6 Å². The first-order valence-electron chi connectivity index (χ1n) is 7.36. The van der Waals surface area contributed by atoms with E-state index in [1.807, 2.05) is 0 Å². The van der Waals surface area contributed by atoms with E-state index in [4.69, 9.17) is 5.73 Å².